The van der Waals surface area contributed by atoms with Crippen LogP contribution < -0.4 is 5.43 Å². The molecule has 1 heterocycles. The molecule has 9 nitrogen and oxygen atoms in total. The lowest BCUT2D eigenvalue weighted by molar-refractivity contribution is -0.384. The monoisotopic (exact) mass is 361 g/mol. The van der Waals surface area contributed by atoms with Crippen LogP contribution in [0.2, 0.25) is 0 Å². The molecule has 1 fully saturated rings. The maximum atomic E-state index is 12.6. The second-order valence-electron chi connectivity index (χ2n) is 6.69. The van der Waals surface area contributed by atoms with Crippen molar-refractivity contribution in [2.45, 2.75) is 31.8 Å². The Morgan fingerprint density at radius 3 is 2.69 bits per heavy atom. The van der Waals surface area contributed by atoms with Crippen LogP contribution in [0, 0.1) is 22.0 Å². The Labute approximate surface area is 149 Å². The van der Waals surface area contributed by atoms with Gasteiger partial charge in [0.15, 0.2) is 0 Å². The molecule has 138 valence electrons. The van der Waals surface area contributed by atoms with Gasteiger partial charge in [-0.1, -0.05) is 12.1 Å². The zero-order valence-corrected chi connectivity index (χ0v) is 14.3. The van der Waals surface area contributed by atoms with Crippen molar-refractivity contribution in [1.29, 1.82) is 0 Å². The maximum absolute atomic E-state index is 12.6. The second kappa shape index (κ2) is 6.49. The predicted molar refractivity (Wildman–Crippen MR) is 90.3 cm³/mol. The number of nitrogens with one attached hydrogen (secondary N) is 1. The number of hydrogen-bond donors (Lipinski definition) is 2. The molecular formula is C17H19N3O6. The summed E-state index contributed by atoms with van der Waals surface area (Å²) in [5.74, 6) is -3.45. The third-order valence-electron chi connectivity index (χ3n) is 4.91. The Hall–Kier alpha value is -2.81. The number of non-ortho nitro benzene ring substituents is 1. The number of nitro groups is 1. The fraction of sp³-hybridized carbons (Fsp3) is 0.471. The molecule has 1 aliphatic carbocycles. The molecule has 0 bridgehead atoms. The molecule has 0 unspecified atom stereocenters. The van der Waals surface area contributed by atoms with Crippen LogP contribution in [0.15, 0.2) is 29.4 Å². The number of nitro benzene ring substituents is 1. The van der Waals surface area contributed by atoms with Gasteiger partial charge in [-0.3, -0.25) is 19.7 Å². The number of esters is 1. The molecule has 0 aromatic heterocycles. The molecule has 2 N–H and O–H groups in total. The van der Waals surface area contributed by atoms with Gasteiger partial charge in [-0.15, -0.1) is 0 Å². The minimum atomic E-state index is -1.47. The van der Waals surface area contributed by atoms with Crippen LogP contribution in [0.25, 0.3) is 0 Å². The number of fused-ring (bicyclic) bond motifs is 1. The van der Waals surface area contributed by atoms with E-state index in [4.69, 9.17) is 4.74 Å². The SMILES string of the molecule is CCOC(=O)[C@@H]1[C@H](c2ccc([N+](=O)[O-])cc2)[C@H]2C(=O)NN=C2C[C@@]1(C)O. The molecule has 1 aromatic carbocycles. The number of amides is 1. The van der Waals surface area contributed by atoms with Gasteiger partial charge in [-0.25, -0.2) is 5.43 Å². The van der Waals surface area contributed by atoms with Crippen molar-refractivity contribution in [3.05, 3.63) is 39.9 Å². The van der Waals surface area contributed by atoms with Gasteiger partial charge in [-0.05, 0) is 19.4 Å². The van der Waals surface area contributed by atoms with Crippen LogP contribution in [0.3, 0.4) is 0 Å². The van der Waals surface area contributed by atoms with E-state index in [1.165, 1.54) is 31.2 Å². The number of ether oxygens (including phenoxy) is 1. The number of aliphatic hydroxyl groups is 1. The van der Waals surface area contributed by atoms with Crippen molar-refractivity contribution in [3.8, 4) is 0 Å². The van der Waals surface area contributed by atoms with Crippen molar-refractivity contribution in [3.63, 3.8) is 0 Å². The van der Waals surface area contributed by atoms with E-state index < -0.39 is 34.2 Å². The largest absolute Gasteiger partial charge is 0.466 e. The zero-order chi connectivity index (χ0) is 19.1. The lowest BCUT2D eigenvalue weighted by atomic mass is 9.61. The van der Waals surface area contributed by atoms with Crippen LogP contribution in [-0.2, 0) is 14.3 Å². The van der Waals surface area contributed by atoms with Gasteiger partial charge in [-0.2, -0.15) is 5.10 Å². The second-order valence-corrected chi connectivity index (χ2v) is 6.69. The Morgan fingerprint density at radius 1 is 1.46 bits per heavy atom. The molecular weight excluding hydrogens is 342 g/mol. The first-order valence-electron chi connectivity index (χ1n) is 8.26. The van der Waals surface area contributed by atoms with E-state index in [-0.39, 0.29) is 24.6 Å². The molecule has 1 saturated carbocycles. The zero-order valence-electron chi connectivity index (χ0n) is 14.3. The summed E-state index contributed by atoms with van der Waals surface area (Å²) in [6.45, 7) is 3.30. The van der Waals surface area contributed by atoms with Gasteiger partial charge in [0.2, 0.25) is 5.91 Å². The molecule has 1 aromatic rings. The van der Waals surface area contributed by atoms with Crippen LogP contribution in [0.5, 0.6) is 0 Å². The molecule has 26 heavy (non-hydrogen) atoms. The molecule has 9 heteroatoms. The molecule has 0 spiro atoms. The lowest BCUT2D eigenvalue weighted by Gasteiger charge is -2.43. The molecule has 3 rings (SSSR count). The van der Waals surface area contributed by atoms with E-state index >= 15 is 0 Å². The summed E-state index contributed by atoms with van der Waals surface area (Å²) < 4.78 is 5.14. The van der Waals surface area contributed by atoms with Crippen LogP contribution in [0.4, 0.5) is 5.69 Å². The van der Waals surface area contributed by atoms with Gasteiger partial charge in [0, 0.05) is 24.5 Å². The number of carbonyl (C=O) groups excluding carboxylic acids is 2. The number of nitrogens with zero attached hydrogens (tertiary/aromatic N) is 2. The van der Waals surface area contributed by atoms with Crippen molar-refractivity contribution in [2.75, 3.05) is 6.61 Å². The quantitative estimate of drug-likeness (QED) is 0.469. The highest BCUT2D eigenvalue weighted by Gasteiger charge is 2.57. The predicted octanol–water partition coefficient (Wildman–Crippen LogP) is 1.11. The average molecular weight is 361 g/mol. The van der Waals surface area contributed by atoms with E-state index in [2.05, 4.69) is 10.5 Å². The Kier molecular flexibility index (Phi) is 4.49. The highest BCUT2D eigenvalue weighted by atomic mass is 16.6. The van der Waals surface area contributed by atoms with Gasteiger partial charge in [0.25, 0.3) is 5.69 Å². The summed E-state index contributed by atoms with van der Waals surface area (Å²) in [6.07, 6.45) is 0.0589. The molecule has 1 amide bonds. The average Bonchev–Trinajstić information content (AvgIpc) is 2.93. The van der Waals surface area contributed by atoms with Gasteiger partial charge in [0.1, 0.15) is 0 Å². The summed E-state index contributed by atoms with van der Waals surface area (Å²) in [7, 11) is 0. The van der Waals surface area contributed by atoms with Crippen molar-refractivity contribution >= 4 is 23.3 Å². The summed E-state index contributed by atoms with van der Waals surface area (Å²) in [5, 5.41) is 25.8. The maximum Gasteiger partial charge on any atom is 0.312 e. The molecule has 0 radical (unpaired) electrons. The highest BCUT2D eigenvalue weighted by Crippen LogP contribution is 2.47. The first-order chi connectivity index (χ1) is 12.3. The van der Waals surface area contributed by atoms with E-state index in [0.717, 1.165) is 0 Å². The number of hydrogen-bond acceptors (Lipinski definition) is 7. The first kappa shape index (κ1) is 18.0. The summed E-state index contributed by atoms with van der Waals surface area (Å²) in [5.41, 5.74) is 1.82. The Bertz CT molecular complexity index is 786. The normalized spacial score (nSPS) is 30.2. The van der Waals surface area contributed by atoms with Crippen molar-refractivity contribution < 1.29 is 24.4 Å². The van der Waals surface area contributed by atoms with Gasteiger partial charge in [0.05, 0.1) is 34.7 Å². The van der Waals surface area contributed by atoms with Crippen LogP contribution in [-0.4, -0.2) is 39.8 Å². The van der Waals surface area contributed by atoms with Gasteiger partial charge < -0.3 is 9.84 Å². The summed E-state index contributed by atoms with van der Waals surface area (Å²) in [4.78, 5) is 35.3. The fourth-order valence-corrected chi connectivity index (χ4v) is 3.83. The Morgan fingerprint density at radius 2 is 2.12 bits per heavy atom. The standard InChI is InChI=1S/C17H19N3O6/c1-3-26-16(22)14-12(9-4-6-10(7-5-9)20(24)25)13-11(8-17(14,2)23)18-19-15(13)21/h4-7,12-14,23H,3,8H2,1-2H3,(H,19,21)/t12-,13+,14+,17-/m1/s1. The highest BCUT2D eigenvalue weighted by molar-refractivity contribution is 6.10. The Balaban J connectivity index is 2.10. The minimum absolute atomic E-state index is 0.0589. The minimum Gasteiger partial charge on any atom is -0.466 e. The molecule has 0 saturated heterocycles. The fourth-order valence-electron chi connectivity index (χ4n) is 3.83. The topological polar surface area (TPSA) is 131 Å². The summed E-state index contributed by atoms with van der Waals surface area (Å²) >= 11 is 0. The number of benzene rings is 1. The van der Waals surface area contributed by atoms with Crippen LogP contribution >= 0.6 is 0 Å². The van der Waals surface area contributed by atoms with E-state index in [9.17, 15) is 24.8 Å². The third-order valence-corrected chi connectivity index (χ3v) is 4.91. The van der Waals surface area contributed by atoms with E-state index in [1.54, 1.807) is 6.92 Å². The van der Waals surface area contributed by atoms with Crippen molar-refractivity contribution in [1.82, 2.24) is 5.43 Å². The van der Waals surface area contributed by atoms with E-state index in [0.29, 0.717) is 11.3 Å². The van der Waals surface area contributed by atoms with Gasteiger partial charge >= 0.3 is 5.97 Å². The summed E-state index contributed by atoms with van der Waals surface area (Å²) in [6, 6.07) is 5.62. The molecule has 4 atom stereocenters. The van der Waals surface area contributed by atoms with Crippen molar-refractivity contribution in [2.24, 2.45) is 16.9 Å². The molecule has 2 aliphatic rings. The van der Waals surface area contributed by atoms with E-state index in [1.807, 2.05) is 0 Å². The smallest absolute Gasteiger partial charge is 0.312 e. The number of carbonyl (C=O) groups is 2. The number of rotatable bonds is 4. The lowest BCUT2D eigenvalue weighted by Crippen LogP contribution is -2.54. The third kappa shape index (κ3) is 2.94. The first-order valence-corrected chi connectivity index (χ1v) is 8.26. The molecule has 1 aliphatic heterocycles. The number of hydrazone groups is 1. The van der Waals surface area contributed by atoms with Crippen LogP contribution in [0.1, 0.15) is 31.7 Å².